The van der Waals surface area contributed by atoms with Crippen LogP contribution in [-0.2, 0) is 17.8 Å². The van der Waals surface area contributed by atoms with Crippen LogP contribution in [0.2, 0.25) is 0 Å². The van der Waals surface area contributed by atoms with E-state index < -0.39 is 0 Å². The molecule has 0 bridgehead atoms. The van der Waals surface area contributed by atoms with Crippen molar-refractivity contribution in [2.45, 2.75) is 50.9 Å². The van der Waals surface area contributed by atoms with Crippen molar-refractivity contribution in [1.29, 1.82) is 0 Å². The predicted octanol–water partition coefficient (Wildman–Crippen LogP) is 4.08. The molecule has 1 aliphatic carbocycles. The molecule has 1 aliphatic heterocycles. The number of rotatable bonds is 4. The van der Waals surface area contributed by atoms with E-state index in [-0.39, 0.29) is 12.1 Å². The molecule has 24 heavy (non-hydrogen) atoms. The van der Waals surface area contributed by atoms with Crippen molar-refractivity contribution < 1.29 is 9.47 Å². The third-order valence-electron chi connectivity index (χ3n) is 5.19. The van der Waals surface area contributed by atoms with E-state index in [1.54, 1.807) is 0 Å². The van der Waals surface area contributed by atoms with Gasteiger partial charge in [0.05, 0.1) is 19.3 Å². The second-order valence-corrected chi connectivity index (χ2v) is 6.92. The number of ether oxygens (including phenoxy) is 2. The molecule has 1 saturated carbocycles. The zero-order valence-electron chi connectivity index (χ0n) is 14.0. The molecule has 4 rings (SSSR count). The fourth-order valence-corrected chi connectivity index (χ4v) is 3.70. The van der Waals surface area contributed by atoms with Crippen LogP contribution >= 0.6 is 0 Å². The van der Waals surface area contributed by atoms with Gasteiger partial charge in [0.2, 0.25) is 0 Å². The minimum absolute atomic E-state index is 0.201. The largest absolute Gasteiger partial charge is 0.493 e. The summed E-state index contributed by atoms with van der Waals surface area (Å²) in [5.74, 6) is 1.03. The van der Waals surface area contributed by atoms with E-state index in [1.807, 2.05) is 0 Å². The highest BCUT2D eigenvalue weighted by Crippen LogP contribution is 2.30. The van der Waals surface area contributed by atoms with Gasteiger partial charge in [-0.3, -0.25) is 0 Å². The van der Waals surface area contributed by atoms with Crippen LogP contribution in [0, 0.1) is 0 Å². The maximum Gasteiger partial charge on any atom is 0.122 e. The smallest absolute Gasteiger partial charge is 0.122 e. The Labute approximate surface area is 143 Å². The maximum atomic E-state index is 6.15. The van der Waals surface area contributed by atoms with Crippen molar-refractivity contribution in [3.8, 4) is 16.9 Å². The average molecular weight is 323 g/mol. The normalized spacial score (nSPS) is 22.9. The van der Waals surface area contributed by atoms with E-state index in [4.69, 9.17) is 15.2 Å². The van der Waals surface area contributed by atoms with Crippen LogP contribution in [0.25, 0.3) is 11.1 Å². The lowest BCUT2D eigenvalue weighted by molar-refractivity contribution is 0.00405. The summed E-state index contributed by atoms with van der Waals surface area (Å²) < 4.78 is 11.6. The summed E-state index contributed by atoms with van der Waals surface area (Å²) in [6.07, 6.45) is 5.88. The van der Waals surface area contributed by atoms with Crippen LogP contribution in [0.3, 0.4) is 0 Å². The van der Waals surface area contributed by atoms with E-state index in [0.29, 0.717) is 6.61 Å². The molecular weight excluding hydrogens is 298 g/mol. The lowest BCUT2D eigenvalue weighted by Gasteiger charge is -2.28. The standard InChI is InChI=1S/C21H25NO2/c22-19-3-1-2-4-21(19)24-14-15-5-7-16(8-6-15)17-9-10-20-18(13-17)11-12-23-20/h5-10,13,19,21H,1-4,11-12,14,22H2. The SMILES string of the molecule is NC1CCCCC1OCc1ccc(-c2ccc3c(c2)CCO3)cc1. The van der Waals surface area contributed by atoms with E-state index >= 15 is 0 Å². The molecule has 2 N–H and O–H groups in total. The highest BCUT2D eigenvalue weighted by atomic mass is 16.5. The Bertz CT molecular complexity index is 695. The van der Waals surface area contributed by atoms with Gasteiger partial charge in [-0.15, -0.1) is 0 Å². The van der Waals surface area contributed by atoms with Crippen LogP contribution in [0.5, 0.6) is 5.75 Å². The molecule has 3 heteroatoms. The van der Waals surface area contributed by atoms with Crippen molar-refractivity contribution in [3.63, 3.8) is 0 Å². The molecule has 0 spiro atoms. The molecule has 0 saturated heterocycles. The molecule has 1 heterocycles. The number of nitrogens with two attached hydrogens (primary N) is 1. The minimum Gasteiger partial charge on any atom is -0.493 e. The van der Waals surface area contributed by atoms with E-state index in [0.717, 1.165) is 31.6 Å². The second-order valence-electron chi connectivity index (χ2n) is 6.92. The Kier molecular flexibility index (Phi) is 4.54. The highest BCUT2D eigenvalue weighted by Gasteiger charge is 2.22. The van der Waals surface area contributed by atoms with Crippen molar-refractivity contribution >= 4 is 0 Å². The Morgan fingerprint density at radius 3 is 2.62 bits per heavy atom. The molecule has 2 aliphatic rings. The van der Waals surface area contributed by atoms with Gasteiger partial charge in [-0.05, 0) is 47.2 Å². The van der Waals surface area contributed by atoms with E-state index in [9.17, 15) is 0 Å². The topological polar surface area (TPSA) is 44.5 Å². The van der Waals surface area contributed by atoms with Gasteiger partial charge in [0.1, 0.15) is 5.75 Å². The molecule has 2 unspecified atom stereocenters. The minimum atomic E-state index is 0.201. The Hall–Kier alpha value is -1.84. The second kappa shape index (κ2) is 6.96. The summed E-state index contributed by atoms with van der Waals surface area (Å²) in [6.45, 7) is 1.45. The first-order chi connectivity index (χ1) is 11.8. The van der Waals surface area contributed by atoms with E-state index in [2.05, 4.69) is 42.5 Å². The van der Waals surface area contributed by atoms with Crippen LogP contribution in [0.4, 0.5) is 0 Å². The predicted molar refractivity (Wildman–Crippen MR) is 96.1 cm³/mol. The summed E-state index contributed by atoms with van der Waals surface area (Å²) >= 11 is 0. The van der Waals surface area contributed by atoms with Gasteiger partial charge in [0.25, 0.3) is 0 Å². The molecular formula is C21H25NO2. The fraction of sp³-hybridized carbons (Fsp3) is 0.429. The molecule has 0 aromatic heterocycles. The van der Waals surface area contributed by atoms with Crippen LogP contribution in [0.15, 0.2) is 42.5 Å². The Morgan fingerprint density at radius 1 is 1.00 bits per heavy atom. The van der Waals surface area contributed by atoms with Gasteiger partial charge in [-0.1, -0.05) is 43.2 Å². The van der Waals surface area contributed by atoms with Crippen molar-refractivity contribution in [3.05, 3.63) is 53.6 Å². The number of hydrogen-bond acceptors (Lipinski definition) is 3. The first-order valence-corrected chi connectivity index (χ1v) is 9.02. The summed E-state index contributed by atoms with van der Waals surface area (Å²) in [6, 6.07) is 15.3. The Morgan fingerprint density at radius 2 is 1.79 bits per heavy atom. The average Bonchev–Trinajstić information content (AvgIpc) is 3.09. The maximum absolute atomic E-state index is 6.15. The van der Waals surface area contributed by atoms with Crippen molar-refractivity contribution in [2.24, 2.45) is 5.73 Å². The third-order valence-corrected chi connectivity index (χ3v) is 5.19. The van der Waals surface area contributed by atoms with Crippen LogP contribution in [-0.4, -0.2) is 18.8 Å². The van der Waals surface area contributed by atoms with Gasteiger partial charge in [-0.25, -0.2) is 0 Å². The quantitative estimate of drug-likeness (QED) is 0.922. The van der Waals surface area contributed by atoms with Gasteiger partial charge < -0.3 is 15.2 Å². The molecule has 2 atom stereocenters. The monoisotopic (exact) mass is 323 g/mol. The van der Waals surface area contributed by atoms with Gasteiger partial charge in [0.15, 0.2) is 0 Å². The van der Waals surface area contributed by atoms with E-state index in [1.165, 1.54) is 35.1 Å². The first kappa shape index (κ1) is 15.7. The van der Waals surface area contributed by atoms with Crippen molar-refractivity contribution in [1.82, 2.24) is 0 Å². The van der Waals surface area contributed by atoms with Gasteiger partial charge in [-0.2, -0.15) is 0 Å². The molecule has 3 nitrogen and oxygen atoms in total. The summed E-state index contributed by atoms with van der Waals surface area (Å²) in [4.78, 5) is 0. The fourth-order valence-electron chi connectivity index (χ4n) is 3.70. The molecule has 2 aromatic carbocycles. The van der Waals surface area contributed by atoms with Gasteiger partial charge in [0, 0.05) is 12.5 Å². The van der Waals surface area contributed by atoms with Crippen molar-refractivity contribution in [2.75, 3.05) is 6.61 Å². The Balaban J connectivity index is 1.41. The summed E-state index contributed by atoms with van der Waals surface area (Å²) in [7, 11) is 0. The molecule has 1 fully saturated rings. The molecule has 0 amide bonds. The van der Waals surface area contributed by atoms with Crippen LogP contribution < -0.4 is 10.5 Å². The molecule has 0 radical (unpaired) electrons. The lowest BCUT2D eigenvalue weighted by atomic mass is 9.93. The number of fused-ring (bicyclic) bond motifs is 1. The lowest BCUT2D eigenvalue weighted by Crippen LogP contribution is -2.39. The summed E-state index contributed by atoms with van der Waals surface area (Å²) in [5.41, 5.74) is 11.2. The third kappa shape index (κ3) is 3.33. The number of benzene rings is 2. The zero-order valence-corrected chi connectivity index (χ0v) is 14.0. The molecule has 126 valence electrons. The highest BCUT2D eigenvalue weighted by molar-refractivity contribution is 5.66. The first-order valence-electron chi connectivity index (χ1n) is 9.02. The van der Waals surface area contributed by atoms with Crippen LogP contribution in [0.1, 0.15) is 36.8 Å². The van der Waals surface area contributed by atoms with Gasteiger partial charge >= 0.3 is 0 Å². The molecule has 2 aromatic rings. The zero-order chi connectivity index (χ0) is 16.4. The summed E-state index contributed by atoms with van der Waals surface area (Å²) in [5, 5.41) is 0. The number of hydrogen-bond donors (Lipinski definition) is 1.